The summed E-state index contributed by atoms with van der Waals surface area (Å²) in [6.07, 6.45) is 10.9. The standard InChI is InChI=1S/C27H31NO2S/c1-2-5-20-8-9-26-21(12-15-31-26)16-23(20)27(29)24-18-28(17-19-10-13-30-14-11-19)25-7-4-3-6-22(24)25/h3-4,6-7,12,15-16,18-20H,2,5,8-11,13-14,17H2,1H3. The molecular weight excluding hydrogens is 402 g/mol. The number of fused-ring (bicyclic) bond motifs is 2. The van der Waals surface area contributed by atoms with Crippen molar-refractivity contribution in [1.82, 2.24) is 4.57 Å². The number of hydrogen-bond acceptors (Lipinski definition) is 3. The molecule has 162 valence electrons. The summed E-state index contributed by atoms with van der Waals surface area (Å²) in [5.41, 5.74) is 4.30. The molecule has 1 aliphatic carbocycles. The number of nitrogens with zero attached hydrogens (tertiary/aromatic N) is 1. The Morgan fingerprint density at radius 3 is 2.84 bits per heavy atom. The molecule has 1 unspecified atom stereocenters. The third kappa shape index (κ3) is 4.16. The van der Waals surface area contributed by atoms with E-state index in [1.165, 1.54) is 16.0 Å². The maximum absolute atomic E-state index is 14.0. The summed E-state index contributed by atoms with van der Waals surface area (Å²) in [6, 6.07) is 10.6. The van der Waals surface area contributed by atoms with Gasteiger partial charge in [-0.3, -0.25) is 4.79 Å². The lowest BCUT2D eigenvalue weighted by molar-refractivity contribution is 0.0616. The van der Waals surface area contributed by atoms with E-state index in [4.69, 9.17) is 4.74 Å². The van der Waals surface area contributed by atoms with Gasteiger partial charge in [0.2, 0.25) is 0 Å². The Morgan fingerprint density at radius 2 is 2.00 bits per heavy atom. The van der Waals surface area contributed by atoms with Gasteiger partial charge in [-0.15, -0.1) is 11.3 Å². The van der Waals surface area contributed by atoms with Crippen LogP contribution in [0.1, 0.15) is 59.8 Å². The van der Waals surface area contributed by atoms with Crippen molar-refractivity contribution in [1.29, 1.82) is 0 Å². The molecule has 0 radical (unpaired) electrons. The topological polar surface area (TPSA) is 31.2 Å². The van der Waals surface area contributed by atoms with Crippen LogP contribution in [0.3, 0.4) is 0 Å². The smallest absolute Gasteiger partial charge is 0.191 e. The fraction of sp³-hybridized carbons (Fsp3) is 0.444. The highest BCUT2D eigenvalue weighted by Crippen LogP contribution is 2.36. The normalized spacial score (nSPS) is 19.8. The maximum atomic E-state index is 14.0. The number of Topliss-reactive ketones (excluding diaryl/α,β-unsaturated/α-hetero) is 1. The van der Waals surface area contributed by atoms with Gasteiger partial charge in [0.05, 0.1) is 0 Å². The molecule has 1 saturated heterocycles. The first-order valence-electron chi connectivity index (χ1n) is 11.7. The fourth-order valence-electron chi connectivity index (χ4n) is 5.27. The quantitative estimate of drug-likeness (QED) is 0.402. The molecule has 1 aliphatic heterocycles. The second-order valence-electron chi connectivity index (χ2n) is 9.02. The van der Waals surface area contributed by atoms with Gasteiger partial charge in [0, 0.05) is 52.9 Å². The van der Waals surface area contributed by atoms with E-state index in [0.29, 0.717) is 11.8 Å². The average molecular weight is 434 g/mol. The maximum Gasteiger partial charge on any atom is 0.191 e. The average Bonchev–Trinajstić information content (AvgIpc) is 3.36. The molecule has 2 aromatic heterocycles. The number of ether oxygens (including phenoxy) is 1. The van der Waals surface area contributed by atoms with Gasteiger partial charge in [-0.25, -0.2) is 0 Å². The molecule has 1 fully saturated rings. The predicted octanol–water partition coefficient (Wildman–Crippen LogP) is 6.76. The largest absolute Gasteiger partial charge is 0.381 e. The second kappa shape index (κ2) is 9.13. The van der Waals surface area contributed by atoms with Crippen LogP contribution in [-0.4, -0.2) is 23.6 Å². The fourth-order valence-corrected chi connectivity index (χ4v) is 6.15. The predicted molar refractivity (Wildman–Crippen MR) is 129 cm³/mol. The zero-order valence-corrected chi connectivity index (χ0v) is 19.1. The van der Waals surface area contributed by atoms with E-state index in [9.17, 15) is 4.79 Å². The van der Waals surface area contributed by atoms with Crippen LogP contribution in [0.4, 0.5) is 0 Å². The zero-order chi connectivity index (χ0) is 21.2. The summed E-state index contributed by atoms with van der Waals surface area (Å²) in [5, 5.41) is 3.24. The number of thiophene rings is 1. The molecule has 5 rings (SSSR count). The van der Waals surface area contributed by atoms with Gasteiger partial charge < -0.3 is 9.30 Å². The van der Waals surface area contributed by atoms with Gasteiger partial charge in [-0.2, -0.15) is 0 Å². The third-order valence-corrected chi connectivity index (χ3v) is 7.98. The van der Waals surface area contributed by atoms with Crippen molar-refractivity contribution in [2.75, 3.05) is 13.2 Å². The van der Waals surface area contributed by atoms with Crippen molar-refractivity contribution in [3.63, 3.8) is 0 Å². The Balaban J connectivity index is 1.54. The minimum Gasteiger partial charge on any atom is -0.381 e. The van der Waals surface area contributed by atoms with E-state index in [1.54, 1.807) is 0 Å². The first-order chi connectivity index (χ1) is 15.2. The molecule has 0 N–H and O–H groups in total. The van der Waals surface area contributed by atoms with E-state index >= 15 is 0 Å². The Hall–Kier alpha value is -2.17. The van der Waals surface area contributed by atoms with Gasteiger partial charge in [0.15, 0.2) is 5.78 Å². The summed E-state index contributed by atoms with van der Waals surface area (Å²) < 4.78 is 7.87. The summed E-state index contributed by atoms with van der Waals surface area (Å²) in [5.74, 6) is 1.18. The highest BCUT2D eigenvalue weighted by Gasteiger charge is 2.27. The van der Waals surface area contributed by atoms with Crippen molar-refractivity contribution in [2.45, 2.75) is 52.0 Å². The van der Waals surface area contributed by atoms with Crippen LogP contribution in [0.15, 0.2) is 47.5 Å². The molecule has 2 aliphatic rings. The first kappa shape index (κ1) is 20.7. The van der Waals surface area contributed by atoms with Gasteiger partial charge in [-0.1, -0.05) is 31.5 Å². The lowest BCUT2D eigenvalue weighted by Gasteiger charge is -2.22. The highest BCUT2D eigenvalue weighted by atomic mass is 32.1. The Labute approximate surface area is 188 Å². The summed E-state index contributed by atoms with van der Waals surface area (Å²) in [6.45, 7) is 4.89. The number of allylic oxidation sites excluding steroid dienone is 1. The third-order valence-electron chi connectivity index (χ3n) is 6.98. The van der Waals surface area contributed by atoms with Crippen molar-refractivity contribution < 1.29 is 9.53 Å². The van der Waals surface area contributed by atoms with E-state index in [2.05, 4.69) is 59.5 Å². The highest BCUT2D eigenvalue weighted by molar-refractivity contribution is 7.10. The van der Waals surface area contributed by atoms with Gasteiger partial charge in [0.25, 0.3) is 0 Å². The van der Waals surface area contributed by atoms with Gasteiger partial charge in [0.1, 0.15) is 0 Å². The van der Waals surface area contributed by atoms with Crippen molar-refractivity contribution in [3.8, 4) is 0 Å². The molecule has 0 spiro atoms. The number of carbonyl (C=O) groups is 1. The van der Waals surface area contributed by atoms with Crippen LogP contribution >= 0.6 is 11.3 Å². The number of benzene rings is 1. The molecule has 0 saturated carbocycles. The Kier molecular flexibility index (Phi) is 6.10. The molecule has 1 aromatic carbocycles. The van der Waals surface area contributed by atoms with E-state index in [1.807, 2.05) is 11.3 Å². The minimum absolute atomic E-state index is 0.222. The number of hydrogen-bond donors (Lipinski definition) is 0. The molecule has 3 aromatic rings. The molecule has 31 heavy (non-hydrogen) atoms. The van der Waals surface area contributed by atoms with Crippen LogP contribution in [0.5, 0.6) is 0 Å². The van der Waals surface area contributed by atoms with Crippen molar-refractivity contribution >= 4 is 34.1 Å². The number of rotatable bonds is 6. The molecule has 3 heterocycles. The Bertz CT molecular complexity index is 1100. The van der Waals surface area contributed by atoms with Gasteiger partial charge in [-0.05, 0) is 73.1 Å². The SMILES string of the molecule is CCCC1CCc2sccc2C=C1C(=O)c1cn(CC2CCOCC2)c2ccccc12. The van der Waals surface area contributed by atoms with Crippen LogP contribution in [-0.2, 0) is 17.7 Å². The number of ketones is 1. The molecule has 0 bridgehead atoms. The second-order valence-corrected chi connectivity index (χ2v) is 10.0. The first-order valence-corrected chi connectivity index (χ1v) is 12.6. The van der Waals surface area contributed by atoms with E-state index < -0.39 is 0 Å². The van der Waals surface area contributed by atoms with Crippen molar-refractivity contribution in [3.05, 3.63) is 63.5 Å². The van der Waals surface area contributed by atoms with E-state index in [-0.39, 0.29) is 5.78 Å². The van der Waals surface area contributed by atoms with Crippen LogP contribution in [0.25, 0.3) is 17.0 Å². The number of carbonyl (C=O) groups excluding carboxylic acids is 1. The van der Waals surface area contributed by atoms with Crippen LogP contribution in [0.2, 0.25) is 0 Å². The number of aryl methyl sites for hydroxylation is 1. The molecule has 1 atom stereocenters. The minimum atomic E-state index is 0.222. The summed E-state index contributed by atoms with van der Waals surface area (Å²) >= 11 is 1.82. The monoisotopic (exact) mass is 433 g/mol. The summed E-state index contributed by atoms with van der Waals surface area (Å²) in [4.78, 5) is 15.4. The van der Waals surface area contributed by atoms with E-state index in [0.717, 1.165) is 74.8 Å². The van der Waals surface area contributed by atoms with Crippen molar-refractivity contribution in [2.24, 2.45) is 11.8 Å². The lowest BCUT2D eigenvalue weighted by Crippen LogP contribution is -2.20. The molecular formula is C27H31NO2S. The Morgan fingerprint density at radius 1 is 1.16 bits per heavy atom. The van der Waals surface area contributed by atoms with Crippen LogP contribution in [0, 0.1) is 11.8 Å². The van der Waals surface area contributed by atoms with Gasteiger partial charge >= 0.3 is 0 Å². The number of para-hydroxylation sites is 1. The summed E-state index contributed by atoms with van der Waals surface area (Å²) in [7, 11) is 0. The zero-order valence-electron chi connectivity index (χ0n) is 18.3. The molecule has 4 heteroatoms. The van der Waals surface area contributed by atoms with Crippen LogP contribution < -0.4 is 0 Å². The molecule has 0 amide bonds. The number of aromatic nitrogens is 1. The molecule has 3 nitrogen and oxygen atoms in total. The lowest BCUT2D eigenvalue weighted by atomic mass is 9.86.